The number of carboxylic acids is 1. The number of hydrogen-bond acceptors (Lipinski definition) is 2. The molecule has 3 N–H and O–H groups in total. The Morgan fingerprint density at radius 2 is 2.20 bits per heavy atom. The molecule has 1 unspecified atom stereocenters. The van der Waals surface area contributed by atoms with E-state index in [-0.39, 0.29) is 11.8 Å². The van der Waals surface area contributed by atoms with Crippen molar-refractivity contribution in [3.63, 3.8) is 0 Å². The van der Waals surface area contributed by atoms with Gasteiger partial charge in [-0.25, -0.2) is 0 Å². The molecular formula is C12H23NO2. The zero-order valence-electron chi connectivity index (χ0n) is 9.83. The molecule has 0 aromatic heterocycles. The molecule has 1 aliphatic rings. The van der Waals surface area contributed by atoms with E-state index in [1.54, 1.807) is 0 Å². The second-order valence-electron chi connectivity index (χ2n) is 5.21. The van der Waals surface area contributed by atoms with E-state index in [9.17, 15) is 4.79 Å². The molecule has 0 amide bonds. The van der Waals surface area contributed by atoms with Crippen LogP contribution in [0.25, 0.3) is 0 Å². The van der Waals surface area contributed by atoms with Gasteiger partial charge in [0.2, 0.25) is 0 Å². The summed E-state index contributed by atoms with van der Waals surface area (Å²) in [6.45, 7) is 4.94. The minimum atomic E-state index is -0.704. The Hall–Kier alpha value is -0.570. The van der Waals surface area contributed by atoms with Gasteiger partial charge in [0.05, 0.1) is 6.42 Å². The van der Waals surface area contributed by atoms with Crippen molar-refractivity contribution in [1.29, 1.82) is 0 Å². The van der Waals surface area contributed by atoms with Crippen molar-refractivity contribution in [2.75, 3.05) is 6.54 Å². The van der Waals surface area contributed by atoms with E-state index in [2.05, 4.69) is 13.8 Å². The van der Waals surface area contributed by atoms with Gasteiger partial charge in [-0.3, -0.25) is 4.79 Å². The van der Waals surface area contributed by atoms with Crippen LogP contribution in [0, 0.1) is 17.3 Å². The molecule has 0 saturated heterocycles. The molecule has 3 atom stereocenters. The summed E-state index contributed by atoms with van der Waals surface area (Å²) in [6, 6.07) is 0. The highest BCUT2D eigenvalue weighted by atomic mass is 16.4. The first-order valence-corrected chi connectivity index (χ1v) is 5.95. The Bertz CT molecular complexity index is 230. The summed E-state index contributed by atoms with van der Waals surface area (Å²) in [7, 11) is 0. The summed E-state index contributed by atoms with van der Waals surface area (Å²) in [6.07, 6.45) is 4.63. The van der Waals surface area contributed by atoms with E-state index in [1.165, 1.54) is 12.8 Å². The van der Waals surface area contributed by atoms with Crippen LogP contribution in [0.5, 0.6) is 0 Å². The standard InChI is InChI=1S/C12H23NO2/c1-3-4-10-6-12(8-13,5-9(10)2)7-11(14)15/h9-10H,3-8,13H2,1-2H3,(H,14,15)/t9-,10-,12?/m0/s1. The second kappa shape index (κ2) is 4.97. The summed E-state index contributed by atoms with van der Waals surface area (Å²) in [4.78, 5) is 10.8. The normalized spacial score (nSPS) is 35.7. The Morgan fingerprint density at radius 3 is 2.67 bits per heavy atom. The fourth-order valence-electron chi connectivity index (χ4n) is 3.15. The van der Waals surface area contributed by atoms with E-state index in [1.807, 2.05) is 0 Å². The van der Waals surface area contributed by atoms with Crippen LogP contribution in [0.1, 0.15) is 46.0 Å². The average Bonchev–Trinajstić information content (AvgIpc) is 2.44. The van der Waals surface area contributed by atoms with Crippen molar-refractivity contribution in [2.24, 2.45) is 23.0 Å². The van der Waals surface area contributed by atoms with Crippen molar-refractivity contribution < 1.29 is 9.90 Å². The quantitative estimate of drug-likeness (QED) is 0.736. The van der Waals surface area contributed by atoms with Crippen LogP contribution in [0.2, 0.25) is 0 Å². The molecule has 0 spiro atoms. The van der Waals surface area contributed by atoms with Crippen LogP contribution in [0.15, 0.2) is 0 Å². The number of carboxylic acid groups (broad SMARTS) is 1. The first kappa shape index (κ1) is 12.5. The van der Waals surface area contributed by atoms with Crippen LogP contribution >= 0.6 is 0 Å². The zero-order valence-corrected chi connectivity index (χ0v) is 9.83. The van der Waals surface area contributed by atoms with E-state index in [0.29, 0.717) is 18.4 Å². The smallest absolute Gasteiger partial charge is 0.303 e. The Labute approximate surface area is 92.0 Å². The number of carbonyl (C=O) groups is 1. The van der Waals surface area contributed by atoms with Crippen molar-refractivity contribution in [3.05, 3.63) is 0 Å². The minimum Gasteiger partial charge on any atom is -0.481 e. The SMILES string of the molecule is CCC[C@H]1CC(CN)(CC(=O)O)C[C@@H]1C. The third kappa shape index (κ3) is 2.94. The van der Waals surface area contributed by atoms with Crippen LogP contribution in [-0.4, -0.2) is 17.6 Å². The predicted molar refractivity (Wildman–Crippen MR) is 60.5 cm³/mol. The van der Waals surface area contributed by atoms with Crippen molar-refractivity contribution in [2.45, 2.75) is 46.0 Å². The Morgan fingerprint density at radius 1 is 1.53 bits per heavy atom. The van der Waals surface area contributed by atoms with Gasteiger partial charge in [-0.1, -0.05) is 26.7 Å². The summed E-state index contributed by atoms with van der Waals surface area (Å²) in [5.74, 6) is 0.607. The van der Waals surface area contributed by atoms with Crippen molar-refractivity contribution in [1.82, 2.24) is 0 Å². The molecule has 0 heterocycles. The van der Waals surface area contributed by atoms with Crippen molar-refractivity contribution in [3.8, 4) is 0 Å². The fraction of sp³-hybridized carbons (Fsp3) is 0.917. The molecule has 1 aliphatic carbocycles. The highest BCUT2D eigenvalue weighted by molar-refractivity contribution is 5.67. The number of rotatable bonds is 5. The Balaban J connectivity index is 2.65. The summed E-state index contributed by atoms with van der Waals surface area (Å²) in [5.41, 5.74) is 5.65. The molecule has 0 radical (unpaired) electrons. The summed E-state index contributed by atoms with van der Waals surface area (Å²) >= 11 is 0. The lowest BCUT2D eigenvalue weighted by atomic mass is 9.81. The van der Waals surface area contributed by atoms with Gasteiger partial charge in [-0.05, 0) is 36.6 Å². The third-order valence-electron chi connectivity index (χ3n) is 3.87. The van der Waals surface area contributed by atoms with Gasteiger partial charge in [-0.2, -0.15) is 0 Å². The van der Waals surface area contributed by atoms with Gasteiger partial charge in [0.1, 0.15) is 0 Å². The highest BCUT2D eigenvalue weighted by Crippen LogP contribution is 2.48. The second-order valence-corrected chi connectivity index (χ2v) is 5.21. The molecule has 1 saturated carbocycles. The maximum atomic E-state index is 10.8. The van der Waals surface area contributed by atoms with Crippen molar-refractivity contribution >= 4 is 5.97 Å². The van der Waals surface area contributed by atoms with E-state index < -0.39 is 5.97 Å². The van der Waals surface area contributed by atoms with Gasteiger partial charge in [0.15, 0.2) is 0 Å². The largest absolute Gasteiger partial charge is 0.481 e. The molecule has 0 bridgehead atoms. The fourth-order valence-corrected chi connectivity index (χ4v) is 3.15. The van der Waals surface area contributed by atoms with Gasteiger partial charge >= 0.3 is 5.97 Å². The van der Waals surface area contributed by atoms with Crippen LogP contribution in [-0.2, 0) is 4.79 Å². The topological polar surface area (TPSA) is 63.3 Å². The third-order valence-corrected chi connectivity index (χ3v) is 3.87. The predicted octanol–water partition coefficient (Wildman–Crippen LogP) is 2.25. The van der Waals surface area contributed by atoms with Gasteiger partial charge in [-0.15, -0.1) is 0 Å². The average molecular weight is 213 g/mol. The molecule has 3 nitrogen and oxygen atoms in total. The number of hydrogen-bond donors (Lipinski definition) is 2. The van der Waals surface area contributed by atoms with Crippen LogP contribution in [0.3, 0.4) is 0 Å². The minimum absolute atomic E-state index is 0.120. The molecule has 88 valence electrons. The molecule has 3 heteroatoms. The lowest BCUT2D eigenvalue weighted by Gasteiger charge is -2.25. The molecule has 0 aromatic carbocycles. The van der Waals surface area contributed by atoms with Crippen LogP contribution in [0.4, 0.5) is 0 Å². The molecule has 0 aromatic rings. The summed E-state index contributed by atoms with van der Waals surface area (Å²) in [5, 5.41) is 8.92. The molecule has 0 aliphatic heterocycles. The highest BCUT2D eigenvalue weighted by Gasteiger charge is 2.43. The van der Waals surface area contributed by atoms with E-state index in [4.69, 9.17) is 10.8 Å². The van der Waals surface area contributed by atoms with Gasteiger partial charge in [0, 0.05) is 0 Å². The molecule has 15 heavy (non-hydrogen) atoms. The monoisotopic (exact) mass is 213 g/mol. The van der Waals surface area contributed by atoms with Crippen LogP contribution < -0.4 is 5.73 Å². The first-order valence-electron chi connectivity index (χ1n) is 5.95. The van der Waals surface area contributed by atoms with E-state index >= 15 is 0 Å². The van der Waals surface area contributed by atoms with Gasteiger partial charge < -0.3 is 10.8 Å². The van der Waals surface area contributed by atoms with Gasteiger partial charge in [0.25, 0.3) is 0 Å². The molecule has 1 rings (SSSR count). The zero-order chi connectivity index (χ0) is 11.5. The lowest BCUT2D eigenvalue weighted by Crippen LogP contribution is -2.30. The molecular weight excluding hydrogens is 190 g/mol. The summed E-state index contributed by atoms with van der Waals surface area (Å²) < 4.78 is 0. The first-order chi connectivity index (χ1) is 7.03. The number of nitrogens with two attached hydrogens (primary N) is 1. The maximum absolute atomic E-state index is 10.8. The number of aliphatic carboxylic acids is 1. The van der Waals surface area contributed by atoms with E-state index in [0.717, 1.165) is 12.8 Å². The Kier molecular flexibility index (Phi) is 4.14. The maximum Gasteiger partial charge on any atom is 0.303 e. The molecule has 1 fully saturated rings. The lowest BCUT2D eigenvalue weighted by molar-refractivity contribution is -0.139.